The highest BCUT2D eigenvalue weighted by atomic mass is 16.5. The van der Waals surface area contributed by atoms with E-state index in [4.69, 9.17) is 4.74 Å². The first-order valence-electron chi connectivity index (χ1n) is 4.49. The van der Waals surface area contributed by atoms with Gasteiger partial charge in [-0.15, -0.1) is 0 Å². The van der Waals surface area contributed by atoms with E-state index >= 15 is 0 Å². The number of nitrogens with zero attached hydrogens (tertiary/aromatic N) is 1. The van der Waals surface area contributed by atoms with Crippen molar-refractivity contribution in [3.05, 3.63) is 36.2 Å². The van der Waals surface area contributed by atoms with Gasteiger partial charge in [0.05, 0.1) is 6.61 Å². The minimum absolute atomic E-state index is 0.304. The lowest BCUT2D eigenvalue weighted by Crippen LogP contribution is -2.00. The molecular weight excluding hydrogens is 178 g/mol. The molecule has 0 N–H and O–H groups in total. The molecule has 3 heteroatoms. The standard InChI is InChI=1S/C11H13NO2/c1-3-14-11(13)8-9(2)10-4-6-12-7-5-10/h4-8H,3H2,1-2H3. The van der Waals surface area contributed by atoms with Crippen molar-refractivity contribution in [2.45, 2.75) is 13.8 Å². The molecule has 74 valence electrons. The fraction of sp³-hybridized carbons (Fsp3) is 0.273. The van der Waals surface area contributed by atoms with Gasteiger partial charge in [0.15, 0.2) is 0 Å². The SMILES string of the molecule is CCOC(=O)C=C(C)c1ccncc1. The Balaban J connectivity index is 2.75. The largest absolute Gasteiger partial charge is 0.463 e. The molecule has 0 saturated carbocycles. The summed E-state index contributed by atoms with van der Waals surface area (Å²) in [6.45, 7) is 4.05. The van der Waals surface area contributed by atoms with Crippen molar-refractivity contribution in [3.8, 4) is 0 Å². The predicted molar refractivity (Wildman–Crippen MR) is 54.5 cm³/mol. The summed E-state index contributed by atoms with van der Waals surface area (Å²) in [5.74, 6) is -0.304. The summed E-state index contributed by atoms with van der Waals surface area (Å²) < 4.78 is 4.80. The lowest BCUT2D eigenvalue weighted by atomic mass is 10.1. The summed E-state index contributed by atoms with van der Waals surface area (Å²) in [7, 11) is 0. The maximum Gasteiger partial charge on any atom is 0.331 e. The molecule has 1 heterocycles. The Kier molecular flexibility index (Phi) is 3.85. The number of hydrogen-bond donors (Lipinski definition) is 0. The quantitative estimate of drug-likeness (QED) is 0.542. The van der Waals surface area contributed by atoms with Crippen molar-refractivity contribution >= 4 is 11.5 Å². The zero-order valence-electron chi connectivity index (χ0n) is 8.36. The maximum absolute atomic E-state index is 11.1. The van der Waals surface area contributed by atoms with Crippen LogP contribution in [-0.4, -0.2) is 17.6 Å². The third kappa shape index (κ3) is 3.01. The summed E-state index contributed by atoms with van der Waals surface area (Å²) in [5, 5.41) is 0. The number of aromatic nitrogens is 1. The van der Waals surface area contributed by atoms with E-state index in [0.29, 0.717) is 6.61 Å². The van der Waals surface area contributed by atoms with Crippen LogP contribution >= 0.6 is 0 Å². The lowest BCUT2D eigenvalue weighted by Gasteiger charge is -2.00. The number of pyridine rings is 1. The summed E-state index contributed by atoms with van der Waals surface area (Å²) >= 11 is 0. The molecule has 1 rings (SSSR count). The molecule has 0 aliphatic carbocycles. The van der Waals surface area contributed by atoms with Crippen LogP contribution in [0.25, 0.3) is 5.57 Å². The maximum atomic E-state index is 11.1. The van der Waals surface area contributed by atoms with Crippen LogP contribution in [0.4, 0.5) is 0 Å². The molecule has 0 radical (unpaired) electrons. The zero-order chi connectivity index (χ0) is 10.4. The van der Waals surface area contributed by atoms with Gasteiger partial charge in [-0.05, 0) is 37.1 Å². The van der Waals surface area contributed by atoms with Crippen LogP contribution in [0.1, 0.15) is 19.4 Å². The second-order valence-electron chi connectivity index (χ2n) is 2.82. The highest BCUT2D eigenvalue weighted by molar-refractivity contribution is 5.90. The molecule has 0 unspecified atom stereocenters. The number of hydrogen-bond acceptors (Lipinski definition) is 3. The van der Waals surface area contributed by atoms with Crippen LogP contribution in [0, 0.1) is 0 Å². The van der Waals surface area contributed by atoms with Crippen LogP contribution in [0.2, 0.25) is 0 Å². The molecule has 0 aliphatic rings. The van der Waals surface area contributed by atoms with Gasteiger partial charge in [-0.1, -0.05) is 0 Å². The Labute approximate surface area is 83.4 Å². The van der Waals surface area contributed by atoms with Crippen LogP contribution < -0.4 is 0 Å². The van der Waals surface area contributed by atoms with Crippen LogP contribution in [0.15, 0.2) is 30.6 Å². The number of carbonyl (C=O) groups excluding carboxylic acids is 1. The Morgan fingerprint density at radius 1 is 1.50 bits per heavy atom. The van der Waals surface area contributed by atoms with Gasteiger partial charge in [0, 0.05) is 18.5 Å². The number of esters is 1. The fourth-order valence-electron chi connectivity index (χ4n) is 1.06. The van der Waals surface area contributed by atoms with E-state index in [1.54, 1.807) is 19.3 Å². The first kappa shape index (κ1) is 10.4. The minimum Gasteiger partial charge on any atom is -0.463 e. The van der Waals surface area contributed by atoms with Crippen LogP contribution in [0.3, 0.4) is 0 Å². The fourth-order valence-corrected chi connectivity index (χ4v) is 1.06. The first-order valence-corrected chi connectivity index (χ1v) is 4.49. The van der Waals surface area contributed by atoms with Gasteiger partial charge >= 0.3 is 5.97 Å². The van der Waals surface area contributed by atoms with Gasteiger partial charge in [0.1, 0.15) is 0 Å². The predicted octanol–water partition coefficient (Wildman–Crippen LogP) is 2.05. The second kappa shape index (κ2) is 5.17. The third-order valence-corrected chi connectivity index (χ3v) is 1.76. The summed E-state index contributed by atoms with van der Waals surface area (Å²) in [4.78, 5) is 15.0. The summed E-state index contributed by atoms with van der Waals surface area (Å²) in [6.07, 6.45) is 4.87. The molecule has 0 aromatic carbocycles. The highest BCUT2D eigenvalue weighted by Crippen LogP contribution is 2.11. The zero-order valence-corrected chi connectivity index (χ0v) is 8.36. The van der Waals surface area contributed by atoms with Crippen molar-refractivity contribution in [2.75, 3.05) is 6.61 Å². The van der Waals surface area contributed by atoms with E-state index in [1.165, 1.54) is 6.08 Å². The van der Waals surface area contributed by atoms with Gasteiger partial charge in [0.25, 0.3) is 0 Å². The smallest absolute Gasteiger partial charge is 0.331 e. The third-order valence-electron chi connectivity index (χ3n) is 1.76. The van der Waals surface area contributed by atoms with Crippen molar-refractivity contribution < 1.29 is 9.53 Å². The molecule has 0 fully saturated rings. The number of allylic oxidation sites excluding steroid dienone is 1. The minimum atomic E-state index is -0.304. The average Bonchev–Trinajstić information content (AvgIpc) is 2.19. The van der Waals surface area contributed by atoms with Crippen molar-refractivity contribution in [1.82, 2.24) is 4.98 Å². The van der Waals surface area contributed by atoms with Crippen molar-refractivity contribution in [2.24, 2.45) is 0 Å². The van der Waals surface area contributed by atoms with E-state index in [2.05, 4.69) is 4.98 Å². The Morgan fingerprint density at radius 2 is 2.14 bits per heavy atom. The number of ether oxygens (including phenoxy) is 1. The first-order chi connectivity index (χ1) is 6.74. The molecule has 3 nitrogen and oxygen atoms in total. The number of rotatable bonds is 3. The van der Waals surface area contributed by atoms with E-state index in [1.807, 2.05) is 19.1 Å². The van der Waals surface area contributed by atoms with Gasteiger partial charge in [-0.25, -0.2) is 4.79 Å². The van der Waals surface area contributed by atoms with Crippen LogP contribution in [-0.2, 0) is 9.53 Å². The van der Waals surface area contributed by atoms with Gasteiger partial charge in [0.2, 0.25) is 0 Å². The van der Waals surface area contributed by atoms with E-state index in [-0.39, 0.29) is 5.97 Å². The van der Waals surface area contributed by atoms with Gasteiger partial charge in [-0.3, -0.25) is 4.98 Å². The normalized spacial score (nSPS) is 11.1. The van der Waals surface area contributed by atoms with E-state index in [9.17, 15) is 4.79 Å². The second-order valence-corrected chi connectivity index (χ2v) is 2.82. The van der Waals surface area contributed by atoms with Gasteiger partial charge < -0.3 is 4.74 Å². The molecule has 0 bridgehead atoms. The van der Waals surface area contributed by atoms with Crippen LogP contribution in [0.5, 0.6) is 0 Å². The average molecular weight is 191 g/mol. The molecule has 0 aliphatic heterocycles. The molecular formula is C11H13NO2. The topological polar surface area (TPSA) is 39.2 Å². The Morgan fingerprint density at radius 3 is 2.71 bits per heavy atom. The molecule has 14 heavy (non-hydrogen) atoms. The van der Waals surface area contributed by atoms with Gasteiger partial charge in [-0.2, -0.15) is 0 Å². The van der Waals surface area contributed by atoms with E-state index in [0.717, 1.165) is 11.1 Å². The lowest BCUT2D eigenvalue weighted by molar-refractivity contribution is -0.137. The summed E-state index contributed by atoms with van der Waals surface area (Å²) in [5.41, 5.74) is 1.86. The number of carbonyl (C=O) groups is 1. The Hall–Kier alpha value is -1.64. The molecule has 0 atom stereocenters. The van der Waals surface area contributed by atoms with Crippen molar-refractivity contribution in [1.29, 1.82) is 0 Å². The monoisotopic (exact) mass is 191 g/mol. The molecule has 0 spiro atoms. The Bertz CT molecular complexity index is 330. The molecule has 0 saturated heterocycles. The highest BCUT2D eigenvalue weighted by Gasteiger charge is 1.99. The summed E-state index contributed by atoms with van der Waals surface area (Å²) in [6, 6.07) is 3.70. The molecule has 0 amide bonds. The van der Waals surface area contributed by atoms with Crippen molar-refractivity contribution in [3.63, 3.8) is 0 Å². The molecule has 1 aromatic rings. The molecule has 1 aromatic heterocycles. The van der Waals surface area contributed by atoms with E-state index < -0.39 is 0 Å².